The lowest BCUT2D eigenvalue weighted by atomic mass is 10.9. The maximum absolute atomic E-state index is 3.97. The molecule has 0 aromatic carbocycles. The van der Waals surface area contributed by atoms with Crippen molar-refractivity contribution in [2.24, 2.45) is 4.99 Å². The predicted molar refractivity (Wildman–Crippen MR) is 46.8 cm³/mol. The summed E-state index contributed by atoms with van der Waals surface area (Å²) in [5, 5.41) is 0. The number of aliphatic imine (C=N–C) groups is 1. The first-order chi connectivity index (χ1) is 4.13. The van der Waals surface area contributed by atoms with Gasteiger partial charge in [0.15, 0.2) is 0 Å². The third kappa shape index (κ3) is 10.2. The van der Waals surface area contributed by atoms with Gasteiger partial charge in [0.1, 0.15) is 0 Å². The molecule has 0 spiro atoms. The molecule has 0 rings (SSSR count). The second kappa shape index (κ2) is 6.26. The predicted octanol–water partition coefficient (Wildman–Crippen LogP) is 0.327. The molecule has 10 heavy (non-hydrogen) atoms. The van der Waals surface area contributed by atoms with E-state index < -0.39 is 0 Å². The Balaban J connectivity index is 0. The van der Waals surface area contributed by atoms with Crippen molar-refractivity contribution in [3.8, 4) is 0 Å². The molecule has 0 saturated carbocycles. The molecular weight excluding hydrogens is 126 g/mol. The summed E-state index contributed by atoms with van der Waals surface area (Å²) in [5.41, 5.74) is 0. The Labute approximate surface area is 63.7 Å². The van der Waals surface area contributed by atoms with Crippen molar-refractivity contribution in [3.05, 3.63) is 7.43 Å². The summed E-state index contributed by atoms with van der Waals surface area (Å²) < 4.78 is 1.89. The molecule has 0 aromatic heterocycles. The Morgan fingerprint density at radius 3 is 2.10 bits per heavy atom. The zero-order chi connectivity index (χ0) is 7.28. The molecule has 0 N–H and O–H groups in total. The molecule has 0 saturated heterocycles. The molecule has 0 heterocycles. The van der Waals surface area contributed by atoms with Gasteiger partial charge in [0.05, 0.1) is 14.1 Å². The van der Waals surface area contributed by atoms with Crippen LogP contribution in [0.25, 0.3) is 0 Å². The minimum Gasteiger partial charge on any atom is -0.358 e. The molecule has 0 aliphatic rings. The van der Waals surface area contributed by atoms with Crippen molar-refractivity contribution < 1.29 is 4.58 Å². The number of rotatable bonds is 2. The maximum Gasteiger partial charge on any atom is 0.282 e. The highest BCUT2D eigenvalue weighted by molar-refractivity contribution is 5.67. The number of hydrogen-bond acceptors (Lipinski definition) is 0. The van der Waals surface area contributed by atoms with Gasteiger partial charge in [-0.2, -0.15) is 0 Å². The van der Waals surface area contributed by atoms with E-state index in [0.717, 1.165) is 0 Å². The molecule has 0 amide bonds. The summed E-state index contributed by atoms with van der Waals surface area (Å²) in [6.07, 6.45) is 3.50. The van der Waals surface area contributed by atoms with Crippen LogP contribution in [0.3, 0.4) is 0 Å². The van der Waals surface area contributed by atoms with E-state index in [0.29, 0.717) is 0 Å². The van der Waals surface area contributed by atoms with Crippen molar-refractivity contribution in [3.63, 3.8) is 0 Å². The van der Waals surface area contributed by atoms with E-state index >= 15 is 0 Å². The standard InChI is InChI=1S/C6H14N3.CH3/c1-8(2)5-7-6-9(3)4;/h5-6H,1-4H3;1H3/q+1;-1. The molecule has 0 atom stereocenters. The van der Waals surface area contributed by atoms with E-state index in [1.165, 1.54) is 0 Å². The fourth-order valence-electron chi connectivity index (χ4n) is 0.296. The quantitative estimate of drug-likeness (QED) is 0.236. The van der Waals surface area contributed by atoms with Crippen LogP contribution in [0.5, 0.6) is 0 Å². The van der Waals surface area contributed by atoms with E-state index in [1.54, 1.807) is 12.7 Å². The minimum absolute atomic E-state index is 0. The lowest BCUT2D eigenvalue weighted by Gasteiger charge is -1.94. The van der Waals surface area contributed by atoms with Crippen LogP contribution in [-0.4, -0.2) is 50.3 Å². The van der Waals surface area contributed by atoms with Crippen molar-refractivity contribution in [2.45, 2.75) is 0 Å². The minimum atomic E-state index is 0. The van der Waals surface area contributed by atoms with Gasteiger partial charge >= 0.3 is 0 Å². The zero-order valence-electron chi connectivity index (χ0n) is 7.50. The normalized spacial score (nSPS) is 8.80. The van der Waals surface area contributed by atoms with Gasteiger partial charge in [-0.25, -0.2) is 0 Å². The third-order valence-corrected chi connectivity index (χ3v) is 0.595. The van der Waals surface area contributed by atoms with Gasteiger partial charge in [-0.05, 0) is 4.99 Å². The number of hydrogen-bond donors (Lipinski definition) is 0. The lowest BCUT2D eigenvalue weighted by Crippen LogP contribution is -2.08. The van der Waals surface area contributed by atoms with Gasteiger partial charge in [-0.3, -0.25) is 4.58 Å². The van der Waals surface area contributed by atoms with Gasteiger partial charge in [0.25, 0.3) is 6.34 Å². The van der Waals surface area contributed by atoms with E-state index in [1.807, 2.05) is 37.7 Å². The second-order valence-electron chi connectivity index (χ2n) is 2.31. The summed E-state index contributed by atoms with van der Waals surface area (Å²) >= 11 is 0. The highest BCUT2D eigenvalue weighted by Crippen LogP contribution is 1.63. The topological polar surface area (TPSA) is 18.6 Å². The molecule has 0 aromatic rings. The molecule has 0 aliphatic carbocycles. The molecule has 60 valence electrons. The van der Waals surface area contributed by atoms with Crippen LogP contribution < -0.4 is 0 Å². The van der Waals surface area contributed by atoms with Crippen LogP contribution >= 0.6 is 0 Å². The Hall–Kier alpha value is -0.860. The molecule has 0 unspecified atom stereocenters. The van der Waals surface area contributed by atoms with Crippen LogP contribution in [-0.2, 0) is 0 Å². The first-order valence-electron chi connectivity index (χ1n) is 2.82. The smallest absolute Gasteiger partial charge is 0.282 e. The fourth-order valence-corrected chi connectivity index (χ4v) is 0.296. The van der Waals surface area contributed by atoms with Gasteiger partial charge in [0.2, 0.25) is 6.34 Å². The summed E-state index contributed by atoms with van der Waals surface area (Å²) in [4.78, 5) is 5.86. The Kier molecular flexibility index (Phi) is 7.44. The largest absolute Gasteiger partial charge is 0.358 e. The summed E-state index contributed by atoms with van der Waals surface area (Å²) in [5.74, 6) is 0. The fraction of sp³-hybridized carbons (Fsp3) is 0.571. The van der Waals surface area contributed by atoms with Gasteiger partial charge in [-0.1, -0.05) is 0 Å². The van der Waals surface area contributed by atoms with Gasteiger partial charge in [-0.15, -0.1) is 0 Å². The molecule has 3 heteroatoms. The SMILES string of the molecule is CN(C)C=NC=[N+](C)C.[CH3-]. The summed E-state index contributed by atoms with van der Waals surface area (Å²) in [6.45, 7) is 0. The monoisotopic (exact) mass is 143 g/mol. The summed E-state index contributed by atoms with van der Waals surface area (Å²) in [7, 11) is 7.75. The Morgan fingerprint density at radius 2 is 1.80 bits per heavy atom. The van der Waals surface area contributed by atoms with Crippen LogP contribution in [0.4, 0.5) is 0 Å². The lowest BCUT2D eigenvalue weighted by molar-refractivity contribution is -0.460. The third-order valence-electron chi connectivity index (χ3n) is 0.595. The van der Waals surface area contributed by atoms with Crippen LogP contribution in [0.2, 0.25) is 0 Å². The molecule has 0 bridgehead atoms. The van der Waals surface area contributed by atoms with E-state index in [-0.39, 0.29) is 7.43 Å². The van der Waals surface area contributed by atoms with Gasteiger partial charge < -0.3 is 12.3 Å². The van der Waals surface area contributed by atoms with Crippen molar-refractivity contribution in [2.75, 3.05) is 28.2 Å². The van der Waals surface area contributed by atoms with Crippen molar-refractivity contribution in [1.29, 1.82) is 0 Å². The first-order valence-corrected chi connectivity index (χ1v) is 2.82. The van der Waals surface area contributed by atoms with Crippen LogP contribution in [0, 0.1) is 7.43 Å². The average molecular weight is 143 g/mol. The van der Waals surface area contributed by atoms with Crippen LogP contribution in [0.1, 0.15) is 0 Å². The highest BCUT2D eigenvalue weighted by atomic mass is 15.1. The van der Waals surface area contributed by atoms with Crippen LogP contribution in [0.15, 0.2) is 4.99 Å². The molecule has 0 aliphatic heterocycles. The zero-order valence-corrected chi connectivity index (χ0v) is 7.50. The average Bonchev–Trinajstić information content (AvgIpc) is 1.63. The van der Waals surface area contributed by atoms with E-state index in [2.05, 4.69) is 4.99 Å². The van der Waals surface area contributed by atoms with E-state index in [4.69, 9.17) is 0 Å². The molecular formula is C7H17N3. The summed E-state index contributed by atoms with van der Waals surface area (Å²) in [6, 6.07) is 0. The number of nitrogens with zero attached hydrogens (tertiary/aromatic N) is 3. The van der Waals surface area contributed by atoms with Crippen molar-refractivity contribution >= 4 is 12.7 Å². The Morgan fingerprint density at radius 1 is 1.30 bits per heavy atom. The van der Waals surface area contributed by atoms with E-state index in [9.17, 15) is 0 Å². The van der Waals surface area contributed by atoms with Gasteiger partial charge in [0, 0.05) is 14.1 Å². The highest BCUT2D eigenvalue weighted by Gasteiger charge is 1.80. The second-order valence-corrected chi connectivity index (χ2v) is 2.31. The van der Waals surface area contributed by atoms with Crippen molar-refractivity contribution in [1.82, 2.24) is 4.90 Å². The Bertz CT molecular complexity index is 121. The molecule has 0 fully saturated rings. The maximum atomic E-state index is 3.97. The molecule has 0 radical (unpaired) electrons. The molecule has 3 nitrogen and oxygen atoms in total. The first kappa shape index (κ1) is 11.9.